The third-order valence-electron chi connectivity index (χ3n) is 6.99. The highest BCUT2D eigenvalue weighted by Gasteiger charge is 2.51. The summed E-state index contributed by atoms with van der Waals surface area (Å²) >= 11 is 2.94. The van der Waals surface area contributed by atoms with Gasteiger partial charge in [-0.3, -0.25) is 4.79 Å². The van der Waals surface area contributed by atoms with Crippen LogP contribution < -0.4 is 5.32 Å². The van der Waals surface area contributed by atoms with Crippen LogP contribution in [0.1, 0.15) is 44.1 Å². The average molecular weight is 613 g/mol. The van der Waals surface area contributed by atoms with Crippen LogP contribution in [0.3, 0.4) is 0 Å². The van der Waals surface area contributed by atoms with E-state index in [-0.39, 0.29) is 41.7 Å². The van der Waals surface area contributed by atoms with E-state index in [4.69, 9.17) is 4.74 Å². The Hall–Kier alpha value is -1.69. The molecule has 0 aromatic heterocycles. The number of nitrogens with one attached hydrogen (secondary N) is 1. The lowest BCUT2D eigenvalue weighted by Crippen LogP contribution is -2.43. The summed E-state index contributed by atoms with van der Waals surface area (Å²) in [5, 5.41) is 10.6. The van der Waals surface area contributed by atoms with Gasteiger partial charge in [-0.1, -0.05) is 15.9 Å². The van der Waals surface area contributed by atoms with E-state index in [1.165, 1.54) is 6.07 Å². The van der Waals surface area contributed by atoms with Crippen LogP contribution in [0, 0.1) is 17.2 Å². The van der Waals surface area contributed by atoms with Crippen LogP contribution in [-0.4, -0.2) is 57.2 Å². The number of benzene rings is 1. The second-order valence-electron chi connectivity index (χ2n) is 9.59. The van der Waals surface area contributed by atoms with E-state index in [1.54, 1.807) is 0 Å². The van der Waals surface area contributed by atoms with Crippen LogP contribution in [0.2, 0.25) is 0 Å². The molecule has 1 N–H and O–H groups in total. The third kappa shape index (κ3) is 5.74. The van der Waals surface area contributed by atoms with Crippen LogP contribution in [-0.2, 0) is 35.4 Å². The van der Waals surface area contributed by atoms with Gasteiger partial charge in [0, 0.05) is 4.47 Å². The number of halogens is 4. The second-order valence-corrected chi connectivity index (χ2v) is 15.0. The van der Waals surface area contributed by atoms with Crippen molar-refractivity contribution >= 4 is 41.5 Å². The van der Waals surface area contributed by atoms with Gasteiger partial charge < -0.3 is 10.1 Å². The molecule has 0 bridgehead atoms. The van der Waals surface area contributed by atoms with Crippen LogP contribution in [0.4, 0.5) is 13.2 Å². The molecule has 2 aliphatic carbocycles. The van der Waals surface area contributed by atoms with Gasteiger partial charge in [0.25, 0.3) is 0 Å². The fourth-order valence-electron chi connectivity index (χ4n) is 4.76. The van der Waals surface area contributed by atoms with Crippen molar-refractivity contribution in [2.75, 3.05) is 11.5 Å². The number of carbonyl (C=O) groups is 1. The molecule has 1 saturated heterocycles. The van der Waals surface area contributed by atoms with Crippen molar-refractivity contribution in [2.24, 2.45) is 5.92 Å². The number of sulfone groups is 2. The van der Waals surface area contributed by atoms with Gasteiger partial charge in [0.1, 0.15) is 5.54 Å². The van der Waals surface area contributed by atoms with Crippen LogP contribution in [0.15, 0.2) is 27.6 Å². The van der Waals surface area contributed by atoms with Crippen molar-refractivity contribution in [1.29, 1.82) is 5.26 Å². The molecule has 14 heteroatoms. The van der Waals surface area contributed by atoms with Crippen molar-refractivity contribution in [1.82, 2.24) is 5.32 Å². The molecule has 0 spiro atoms. The Morgan fingerprint density at radius 3 is 2.39 bits per heavy atom. The molecule has 1 aromatic rings. The van der Waals surface area contributed by atoms with E-state index in [0.717, 1.165) is 6.07 Å². The molecular weight excluding hydrogens is 589 g/mol. The number of hydrogen-bond donors (Lipinski definition) is 1. The summed E-state index contributed by atoms with van der Waals surface area (Å²) in [6, 6.07) is 4.83. The predicted molar refractivity (Wildman–Crippen MR) is 125 cm³/mol. The number of nitriles is 1. The standard InChI is InChI=1S/C22H24BrF3N2O6S2/c23-13-1-2-19(17(9-13)22(24,25)26)36(32,33)15-10-16(20(29)28-21(12-27)5-6-21)18(11-15)34-14-3-7-35(30,31)8-4-14/h1-2,9,14-16,18H,3-8,10-11H2,(H,28,29)/t15-,16-,18-/m0/s1. The molecule has 0 unspecified atom stereocenters. The third-order valence-corrected chi connectivity index (χ3v) is 11.4. The molecular formula is C22H24BrF3N2O6S2. The van der Waals surface area contributed by atoms with Crippen molar-refractivity contribution in [3.8, 4) is 6.07 Å². The molecule has 3 fully saturated rings. The summed E-state index contributed by atoms with van der Waals surface area (Å²) in [4.78, 5) is 12.2. The number of hydrogen-bond acceptors (Lipinski definition) is 7. The minimum atomic E-state index is -4.92. The monoisotopic (exact) mass is 612 g/mol. The van der Waals surface area contributed by atoms with E-state index in [0.29, 0.717) is 18.9 Å². The lowest BCUT2D eigenvalue weighted by atomic mass is 10.0. The summed E-state index contributed by atoms with van der Waals surface area (Å²) in [5.74, 6) is -1.81. The topological polar surface area (TPSA) is 130 Å². The van der Waals surface area contributed by atoms with Gasteiger partial charge in [-0.2, -0.15) is 18.4 Å². The normalized spacial score (nSPS) is 27.8. The van der Waals surface area contributed by atoms with Gasteiger partial charge in [-0.05, 0) is 56.7 Å². The zero-order valence-electron chi connectivity index (χ0n) is 18.9. The minimum Gasteiger partial charge on any atom is -0.374 e. The smallest absolute Gasteiger partial charge is 0.374 e. The maximum atomic E-state index is 13.7. The molecule has 198 valence electrons. The molecule has 1 aromatic carbocycles. The molecule has 0 radical (unpaired) electrons. The lowest BCUT2D eigenvalue weighted by Gasteiger charge is -2.28. The highest BCUT2D eigenvalue weighted by atomic mass is 79.9. The molecule has 2 saturated carbocycles. The van der Waals surface area contributed by atoms with Gasteiger partial charge in [-0.15, -0.1) is 0 Å². The van der Waals surface area contributed by atoms with Gasteiger partial charge in [0.05, 0.1) is 51.4 Å². The zero-order valence-corrected chi connectivity index (χ0v) is 22.1. The van der Waals surface area contributed by atoms with Gasteiger partial charge >= 0.3 is 6.18 Å². The summed E-state index contributed by atoms with van der Waals surface area (Å²) in [6.07, 6.45) is -5.65. The fourth-order valence-corrected chi connectivity index (χ4v) is 8.57. The van der Waals surface area contributed by atoms with E-state index in [9.17, 15) is 40.1 Å². The van der Waals surface area contributed by atoms with Gasteiger partial charge in [0.2, 0.25) is 5.91 Å². The number of amides is 1. The molecule has 4 rings (SSSR count). The lowest BCUT2D eigenvalue weighted by molar-refractivity contribution is -0.140. The number of rotatable bonds is 6. The first-order valence-electron chi connectivity index (χ1n) is 11.4. The molecule has 1 amide bonds. The summed E-state index contributed by atoms with van der Waals surface area (Å²) in [7, 11) is -7.72. The molecule has 3 aliphatic rings. The first-order valence-corrected chi connectivity index (χ1v) is 15.5. The summed E-state index contributed by atoms with van der Waals surface area (Å²) in [6.45, 7) is 0. The SMILES string of the molecule is N#CC1(NC(=O)[C@H]2C[C@H](S(=O)(=O)c3ccc(Br)cc3C(F)(F)F)C[C@@H]2OC2CCS(=O)(=O)CC2)CC1. The maximum Gasteiger partial charge on any atom is 0.417 e. The highest BCUT2D eigenvalue weighted by Crippen LogP contribution is 2.43. The van der Waals surface area contributed by atoms with Crippen LogP contribution >= 0.6 is 15.9 Å². The number of ether oxygens (including phenoxy) is 1. The largest absolute Gasteiger partial charge is 0.417 e. The Labute approximate surface area is 215 Å². The molecule has 1 heterocycles. The summed E-state index contributed by atoms with van der Waals surface area (Å²) in [5.41, 5.74) is -2.33. The Morgan fingerprint density at radius 2 is 1.83 bits per heavy atom. The number of alkyl halides is 3. The van der Waals surface area contributed by atoms with Crippen LogP contribution in [0.25, 0.3) is 0 Å². The van der Waals surface area contributed by atoms with E-state index in [2.05, 4.69) is 21.2 Å². The predicted octanol–water partition coefficient (Wildman–Crippen LogP) is 3.15. The molecule has 8 nitrogen and oxygen atoms in total. The van der Waals surface area contributed by atoms with Crippen LogP contribution in [0.5, 0.6) is 0 Å². The Kier molecular flexibility index (Phi) is 7.26. The Balaban J connectivity index is 1.61. The molecule has 1 aliphatic heterocycles. The Morgan fingerprint density at radius 1 is 1.19 bits per heavy atom. The highest BCUT2D eigenvalue weighted by molar-refractivity contribution is 9.10. The molecule has 3 atom stereocenters. The Bertz CT molecular complexity index is 1290. The first kappa shape index (κ1) is 27.3. The molecule has 36 heavy (non-hydrogen) atoms. The van der Waals surface area contributed by atoms with Crippen molar-refractivity contribution in [3.63, 3.8) is 0 Å². The number of nitrogens with zero attached hydrogens (tertiary/aromatic N) is 1. The van der Waals surface area contributed by atoms with Gasteiger partial charge in [-0.25, -0.2) is 16.8 Å². The average Bonchev–Trinajstić information content (AvgIpc) is 3.42. The fraction of sp³-hybridized carbons (Fsp3) is 0.636. The maximum absolute atomic E-state index is 13.7. The van der Waals surface area contributed by atoms with Crippen molar-refractivity contribution in [2.45, 2.75) is 72.6 Å². The van der Waals surface area contributed by atoms with E-state index < -0.39 is 71.1 Å². The summed E-state index contributed by atoms with van der Waals surface area (Å²) < 4.78 is 97.5. The quantitative estimate of drug-likeness (QED) is 0.522. The second kappa shape index (κ2) is 9.56. The first-order chi connectivity index (χ1) is 16.7. The van der Waals surface area contributed by atoms with E-state index in [1.807, 2.05) is 6.07 Å². The minimum absolute atomic E-state index is 0.0668. The van der Waals surface area contributed by atoms with Crippen molar-refractivity contribution < 1.29 is 39.5 Å². The zero-order chi connectivity index (χ0) is 26.5. The van der Waals surface area contributed by atoms with Gasteiger partial charge in [0.15, 0.2) is 19.7 Å². The van der Waals surface area contributed by atoms with Crippen molar-refractivity contribution in [3.05, 3.63) is 28.2 Å². The van der Waals surface area contributed by atoms with E-state index >= 15 is 0 Å². The number of carbonyl (C=O) groups excluding carboxylic acids is 1.